The zero-order valence-electron chi connectivity index (χ0n) is 8.93. The van der Waals surface area contributed by atoms with Gasteiger partial charge in [-0.05, 0) is 12.5 Å². The van der Waals surface area contributed by atoms with E-state index >= 15 is 0 Å². The van der Waals surface area contributed by atoms with Crippen LogP contribution in [-0.4, -0.2) is 14.2 Å². The van der Waals surface area contributed by atoms with Crippen LogP contribution >= 0.6 is 11.6 Å². The van der Waals surface area contributed by atoms with Crippen molar-refractivity contribution >= 4 is 11.6 Å². The van der Waals surface area contributed by atoms with Crippen molar-refractivity contribution in [1.82, 2.24) is 0 Å². The molecule has 0 spiro atoms. The van der Waals surface area contributed by atoms with Crippen LogP contribution in [0.2, 0.25) is 5.02 Å². The molecule has 0 saturated carbocycles. The Bertz CT molecular complexity index is 410. The number of hydrogen-bond donors (Lipinski definition) is 0. The molecule has 1 aromatic carbocycles. The van der Waals surface area contributed by atoms with E-state index in [0.29, 0.717) is 16.5 Å². The molecule has 0 aromatic heterocycles. The molecule has 4 heteroatoms. The Labute approximate surface area is 94.2 Å². The average Bonchev–Trinajstić information content (AvgIpc) is 2.23. The Balaban J connectivity index is 3.39. The van der Waals surface area contributed by atoms with Crippen molar-refractivity contribution in [3.05, 3.63) is 22.2 Å². The van der Waals surface area contributed by atoms with Crippen LogP contribution < -0.4 is 9.47 Å². The highest BCUT2D eigenvalue weighted by atomic mass is 35.5. The summed E-state index contributed by atoms with van der Waals surface area (Å²) in [7, 11) is 3.12. The highest BCUT2D eigenvalue weighted by molar-refractivity contribution is 6.31. The van der Waals surface area contributed by atoms with Crippen molar-refractivity contribution in [3.8, 4) is 17.6 Å². The first-order valence-electron chi connectivity index (χ1n) is 4.42. The summed E-state index contributed by atoms with van der Waals surface area (Å²) in [6, 6.07) is 3.74. The van der Waals surface area contributed by atoms with Crippen molar-refractivity contribution < 1.29 is 9.47 Å². The number of ether oxygens (including phenoxy) is 2. The summed E-state index contributed by atoms with van der Waals surface area (Å²) < 4.78 is 10.4. The van der Waals surface area contributed by atoms with Crippen molar-refractivity contribution in [2.45, 2.75) is 13.3 Å². The molecule has 0 amide bonds. The number of nitriles is 1. The summed E-state index contributed by atoms with van der Waals surface area (Å²) in [5.74, 6) is 1.22. The maximum atomic E-state index is 8.68. The highest BCUT2D eigenvalue weighted by Crippen LogP contribution is 2.37. The minimum atomic E-state index is 0.269. The number of nitrogens with zero attached hydrogens (tertiary/aromatic N) is 1. The zero-order chi connectivity index (χ0) is 11.4. The second-order valence-electron chi connectivity index (χ2n) is 3.03. The van der Waals surface area contributed by atoms with Crippen molar-refractivity contribution in [2.75, 3.05) is 14.2 Å². The van der Waals surface area contributed by atoms with Crippen LogP contribution in [0.15, 0.2) is 6.07 Å². The van der Waals surface area contributed by atoms with Gasteiger partial charge in [-0.15, -0.1) is 0 Å². The second kappa shape index (κ2) is 4.90. The minimum Gasteiger partial charge on any atom is -0.493 e. The summed E-state index contributed by atoms with van der Waals surface area (Å²) in [6.45, 7) is 1.86. The molecule has 0 aliphatic heterocycles. The third-order valence-corrected chi connectivity index (χ3v) is 2.58. The third kappa shape index (κ3) is 2.16. The standard InChI is InChI=1S/C11H12ClNO2/c1-7-8(4-5-13)9(12)6-10(14-2)11(7)15-3/h6H,4H2,1-3H3. The predicted molar refractivity (Wildman–Crippen MR) is 58.6 cm³/mol. The van der Waals surface area contributed by atoms with Gasteiger partial charge in [0.2, 0.25) is 0 Å². The first-order chi connectivity index (χ1) is 7.15. The van der Waals surface area contributed by atoms with Gasteiger partial charge in [0.15, 0.2) is 11.5 Å². The van der Waals surface area contributed by atoms with E-state index < -0.39 is 0 Å². The number of rotatable bonds is 3. The van der Waals surface area contributed by atoms with E-state index in [9.17, 15) is 0 Å². The van der Waals surface area contributed by atoms with E-state index in [2.05, 4.69) is 6.07 Å². The maximum Gasteiger partial charge on any atom is 0.164 e. The molecule has 3 nitrogen and oxygen atoms in total. The van der Waals surface area contributed by atoms with E-state index in [1.807, 2.05) is 6.92 Å². The third-order valence-electron chi connectivity index (χ3n) is 2.24. The van der Waals surface area contributed by atoms with Crippen LogP contribution in [0.4, 0.5) is 0 Å². The summed E-state index contributed by atoms with van der Waals surface area (Å²) in [4.78, 5) is 0. The number of halogens is 1. The first kappa shape index (κ1) is 11.7. The van der Waals surface area contributed by atoms with Gasteiger partial charge in [0.25, 0.3) is 0 Å². The summed E-state index contributed by atoms with van der Waals surface area (Å²) >= 11 is 6.03. The fourth-order valence-corrected chi connectivity index (χ4v) is 1.78. The molecule has 0 N–H and O–H groups in total. The lowest BCUT2D eigenvalue weighted by Gasteiger charge is -2.14. The summed E-state index contributed by atoms with van der Waals surface area (Å²) in [5, 5.41) is 9.21. The van der Waals surface area contributed by atoms with Crippen molar-refractivity contribution in [2.24, 2.45) is 0 Å². The Morgan fingerprint density at radius 1 is 1.40 bits per heavy atom. The molecule has 15 heavy (non-hydrogen) atoms. The maximum absolute atomic E-state index is 8.68. The van der Waals surface area contributed by atoms with E-state index in [-0.39, 0.29) is 6.42 Å². The van der Waals surface area contributed by atoms with Gasteiger partial charge in [-0.1, -0.05) is 11.6 Å². The van der Waals surface area contributed by atoms with Crippen LogP contribution in [0.25, 0.3) is 0 Å². The van der Waals surface area contributed by atoms with Gasteiger partial charge >= 0.3 is 0 Å². The van der Waals surface area contributed by atoms with E-state index in [0.717, 1.165) is 11.1 Å². The molecule has 0 aliphatic carbocycles. The monoisotopic (exact) mass is 225 g/mol. The molecule has 0 heterocycles. The zero-order valence-corrected chi connectivity index (χ0v) is 9.68. The smallest absolute Gasteiger partial charge is 0.164 e. The molecule has 0 aliphatic rings. The van der Waals surface area contributed by atoms with Gasteiger partial charge < -0.3 is 9.47 Å². The van der Waals surface area contributed by atoms with Gasteiger partial charge in [0.1, 0.15) is 0 Å². The Kier molecular flexibility index (Phi) is 3.81. The van der Waals surface area contributed by atoms with Crippen LogP contribution in [0.5, 0.6) is 11.5 Å². The molecule has 1 aromatic rings. The van der Waals surface area contributed by atoms with Crippen LogP contribution in [-0.2, 0) is 6.42 Å². The van der Waals surface area contributed by atoms with Gasteiger partial charge in [-0.3, -0.25) is 0 Å². The van der Waals surface area contributed by atoms with Gasteiger partial charge in [-0.2, -0.15) is 5.26 Å². The van der Waals surface area contributed by atoms with E-state index in [1.165, 1.54) is 0 Å². The largest absolute Gasteiger partial charge is 0.493 e. The van der Waals surface area contributed by atoms with Gasteiger partial charge in [-0.25, -0.2) is 0 Å². The fourth-order valence-electron chi connectivity index (χ4n) is 1.47. The fraction of sp³-hybridized carbons (Fsp3) is 0.364. The molecular weight excluding hydrogens is 214 g/mol. The van der Waals surface area contributed by atoms with Crippen LogP contribution in [0.3, 0.4) is 0 Å². The van der Waals surface area contributed by atoms with E-state index in [4.69, 9.17) is 26.3 Å². The number of methoxy groups -OCH3 is 2. The molecular formula is C11H12ClNO2. The molecule has 80 valence electrons. The second-order valence-corrected chi connectivity index (χ2v) is 3.44. The molecule has 0 bridgehead atoms. The molecule has 0 saturated heterocycles. The SMILES string of the molecule is COc1cc(Cl)c(CC#N)c(C)c1OC. The molecule has 0 radical (unpaired) electrons. The van der Waals surface area contributed by atoms with Crippen molar-refractivity contribution in [3.63, 3.8) is 0 Å². The first-order valence-corrected chi connectivity index (χ1v) is 4.80. The lowest BCUT2D eigenvalue weighted by molar-refractivity contribution is 0.352. The topological polar surface area (TPSA) is 42.2 Å². The quantitative estimate of drug-likeness (QED) is 0.794. The molecule has 0 fully saturated rings. The predicted octanol–water partition coefficient (Wildman–Crippen LogP) is 2.73. The Morgan fingerprint density at radius 2 is 2.07 bits per heavy atom. The number of benzene rings is 1. The average molecular weight is 226 g/mol. The molecule has 0 atom stereocenters. The van der Waals surface area contributed by atoms with Crippen LogP contribution in [0.1, 0.15) is 11.1 Å². The number of hydrogen-bond acceptors (Lipinski definition) is 3. The van der Waals surface area contributed by atoms with Gasteiger partial charge in [0.05, 0.1) is 26.7 Å². The molecule has 1 rings (SSSR count). The van der Waals surface area contributed by atoms with Gasteiger partial charge in [0, 0.05) is 16.7 Å². The Morgan fingerprint density at radius 3 is 2.53 bits per heavy atom. The van der Waals surface area contributed by atoms with Crippen LogP contribution in [0, 0.1) is 18.3 Å². The lowest BCUT2D eigenvalue weighted by atomic mass is 10.0. The summed E-state index contributed by atoms with van der Waals surface area (Å²) in [5.41, 5.74) is 1.64. The van der Waals surface area contributed by atoms with E-state index in [1.54, 1.807) is 20.3 Å². The highest BCUT2D eigenvalue weighted by Gasteiger charge is 2.14. The normalized spacial score (nSPS) is 9.53. The minimum absolute atomic E-state index is 0.269. The lowest BCUT2D eigenvalue weighted by Crippen LogP contribution is -1.98. The molecule has 0 unspecified atom stereocenters. The van der Waals surface area contributed by atoms with Crippen molar-refractivity contribution in [1.29, 1.82) is 5.26 Å². The Hall–Kier alpha value is -1.40. The summed E-state index contributed by atoms with van der Waals surface area (Å²) in [6.07, 6.45) is 0.269.